The van der Waals surface area contributed by atoms with Gasteiger partial charge in [-0.05, 0) is 0 Å². The SMILES string of the molecule is O.[Cl][Sb]([c]1ccccc1)([c]1ccccc1)[c]1ccccc1.[Cl][Sb]([c]1ccccc1)([c]1ccccc1)[c]1ccccc1. The van der Waals surface area contributed by atoms with Gasteiger partial charge < -0.3 is 5.48 Å². The molecule has 1 nitrogen and oxygen atoms in total. The molecule has 0 spiro atoms. The Morgan fingerprint density at radius 1 is 0.244 bits per heavy atom. The third kappa shape index (κ3) is 7.11. The first-order valence-electron chi connectivity index (χ1n) is 13.1. The molecule has 0 fully saturated rings. The second-order valence-corrected chi connectivity index (χ2v) is 31.6. The molecule has 0 aromatic heterocycles. The van der Waals surface area contributed by atoms with Crippen LogP contribution in [0.1, 0.15) is 0 Å². The predicted octanol–water partition coefficient (Wildman–Crippen LogP) is 4.96. The van der Waals surface area contributed by atoms with Crippen LogP contribution >= 0.6 is 17.7 Å². The van der Waals surface area contributed by atoms with E-state index in [9.17, 15) is 0 Å². The van der Waals surface area contributed by atoms with Crippen molar-refractivity contribution < 1.29 is 5.48 Å². The van der Waals surface area contributed by atoms with Gasteiger partial charge in [-0.15, -0.1) is 0 Å². The Kier molecular flexibility index (Phi) is 11.6. The van der Waals surface area contributed by atoms with Crippen LogP contribution in [-0.4, -0.2) is 40.8 Å². The third-order valence-corrected chi connectivity index (χ3v) is 31.8. The van der Waals surface area contributed by atoms with E-state index in [-0.39, 0.29) is 5.48 Å². The van der Waals surface area contributed by atoms with Crippen molar-refractivity contribution in [1.29, 1.82) is 0 Å². The molecule has 6 rings (SSSR count). The van der Waals surface area contributed by atoms with Crippen LogP contribution in [0, 0.1) is 0 Å². The molecule has 0 saturated heterocycles. The van der Waals surface area contributed by atoms with Crippen LogP contribution in [0.3, 0.4) is 0 Å². The Labute approximate surface area is 259 Å². The molecular weight excluding hydrogens is 763 g/mol. The summed E-state index contributed by atoms with van der Waals surface area (Å²) in [6, 6.07) is 63.2. The van der Waals surface area contributed by atoms with E-state index in [0.717, 1.165) is 0 Å². The standard InChI is InChI=1S/6C6H5.2ClH.H2O.2Sb/c6*1-2-4-6-5-3-1;;;;;/h6*1-5H;2*1H;1H2;;/q;;;;;;;;;2*+1/p-2. The van der Waals surface area contributed by atoms with Gasteiger partial charge in [-0.25, -0.2) is 0 Å². The molecule has 2 radical (unpaired) electrons. The number of hydrogen-bond acceptors (Lipinski definition) is 0. The summed E-state index contributed by atoms with van der Waals surface area (Å²) in [5.41, 5.74) is 0. The minimum atomic E-state index is -3.18. The van der Waals surface area contributed by atoms with E-state index in [0.29, 0.717) is 0 Å². The van der Waals surface area contributed by atoms with Crippen molar-refractivity contribution in [1.82, 2.24) is 0 Å². The monoisotopic (exact) mass is 792 g/mol. The van der Waals surface area contributed by atoms with E-state index in [1.54, 1.807) is 0 Å². The summed E-state index contributed by atoms with van der Waals surface area (Å²) >= 11 is -6.36. The molecule has 206 valence electrons. The summed E-state index contributed by atoms with van der Waals surface area (Å²) in [6.07, 6.45) is 0. The van der Waals surface area contributed by atoms with E-state index in [1.807, 2.05) is 36.4 Å². The van der Waals surface area contributed by atoms with Crippen LogP contribution in [0.25, 0.3) is 0 Å². The van der Waals surface area contributed by atoms with Crippen molar-refractivity contribution in [3.05, 3.63) is 182 Å². The van der Waals surface area contributed by atoms with Crippen molar-refractivity contribution in [2.45, 2.75) is 0 Å². The summed E-state index contributed by atoms with van der Waals surface area (Å²) in [7, 11) is 14.6. The van der Waals surface area contributed by atoms with Crippen LogP contribution in [0.5, 0.6) is 0 Å². The zero-order valence-corrected chi connectivity index (χ0v) is 29.1. The maximum atomic E-state index is 7.32. The van der Waals surface area contributed by atoms with Crippen molar-refractivity contribution >= 4 is 74.0 Å². The second-order valence-electron chi connectivity index (χ2n) is 9.19. The second kappa shape index (κ2) is 15.1. The summed E-state index contributed by atoms with van der Waals surface area (Å²) < 4.78 is 7.69. The van der Waals surface area contributed by atoms with Gasteiger partial charge >= 0.3 is 256 Å². The van der Waals surface area contributed by atoms with E-state index in [1.165, 1.54) is 21.1 Å². The Morgan fingerprint density at radius 3 is 0.488 bits per heavy atom. The molecule has 0 aliphatic heterocycles. The van der Waals surface area contributed by atoms with E-state index in [4.69, 9.17) is 17.7 Å². The zero-order valence-electron chi connectivity index (χ0n) is 22.5. The summed E-state index contributed by atoms with van der Waals surface area (Å²) in [4.78, 5) is 0. The predicted molar refractivity (Wildman–Crippen MR) is 183 cm³/mol. The van der Waals surface area contributed by atoms with Crippen LogP contribution in [0.15, 0.2) is 182 Å². The van der Waals surface area contributed by atoms with Crippen LogP contribution < -0.4 is 21.1 Å². The molecule has 0 unspecified atom stereocenters. The fourth-order valence-corrected chi connectivity index (χ4v) is 24.3. The van der Waals surface area contributed by atoms with Gasteiger partial charge in [-0.3, -0.25) is 0 Å². The normalized spacial score (nSPS) is 11.0. The topological polar surface area (TPSA) is 31.5 Å². The fraction of sp³-hybridized carbons (Fsp3) is 0. The zero-order chi connectivity index (χ0) is 27.7. The third-order valence-electron chi connectivity index (χ3n) is 6.67. The molecule has 0 heterocycles. The summed E-state index contributed by atoms with van der Waals surface area (Å²) in [5.74, 6) is 0. The maximum absolute atomic E-state index is 7.32. The van der Waals surface area contributed by atoms with Gasteiger partial charge in [-0.1, -0.05) is 0 Å². The molecule has 6 aromatic rings. The average molecular weight is 795 g/mol. The molecule has 0 saturated carbocycles. The first kappa shape index (κ1) is 31.4. The van der Waals surface area contributed by atoms with Crippen LogP contribution in [-0.2, 0) is 0 Å². The Balaban J connectivity index is 0.000000184. The van der Waals surface area contributed by atoms with Crippen LogP contribution in [0.4, 0.5) is 0 Å². The number of benzene rings is 6. The molecule has 0 bridgehead atoms. The first-order valence-corrected chi connectivity index (χ1v) is 27.3. The Bertz CT molecular complexity index is 1270. The minimum absolute atomic E-state index is 0. The molecule has 2 N–H and O–H groups in total. The quantitative estimate of drug-likeness (QED) is 0.214. The van der Waals surface area contributed by atoms with E-state index in [2.05, 4.69) is 146 Å². The van der Waals surface area contributed by atoms with Crippen molar-refractivity contribution in [3.63, 3.8) is 0 Å². The molecule has 0 atom stereocenters. The number of halogens is 2. The molecule has 0 aliphatic rings. The Hall–Kier alpha value is -2.50. The summed E-state index contributed by atoms with van der Waals surface area (Å²) in [6.45, 7) is 0. The van der Waals surface area contributed by atoms with E-state index >= 15 is 0 Å². The average Bonchev–Trinajstić information content (AvgIpc) is 3.07. The number of hydrogen-bond donors (Lipinski definition) is 0. The van der Waals surface area contributed by atoms with Gasteiger partial charge in [0.05, 0.1) is 0 Å². The van der Waals surface area contributed by atoms with Gasteiger partial charge in [0.15, 0.2) is 0 Å². The first-order chi connectivity index (χ1) is 19.6. The molecule has 0 aliphatic carbocycles. The molecule has 6 aromatic carbocycles. The van der Waals surface area contributed by atoms with Crippen LogP contribution in [0.2, 0.25) is 0 Å². The van der Waals surface area contributed by atoms with Crippen molar-refractivity contribution in [2.24, 2.45) is 0 Å². The number of rotatable bonds is 6. The molecule has 41 heavy (non-hydrogen) atoms. The summed E-state index contributed by atoms with van der Waals surface area (Å²) in [5, 5.41) is 0. The van der Waals surface area contributed by atoms with Gasteiger partial charge in [0.1, 0.15) is 0 Å². The van der Waals surface area contributed by atoms with Gasteiger partial charge in [0.25, 0.3) is 0 Å². The Morgan fingerprint density at radius 2 is 0.366 bits per heavy atom. The molecular formula is C36H32Cl2OSb2. The molecule has 5 heteroatoms. The van der Waals surface area contributed by atoms with Gasteiger partial charge in [-0.2, -0.15) is 0 Å². The van der Waals surface area contributed by atoms with Crippen molar-refractivity contribution in [2.75, 3.05) is 0 Å². The van der Waals surface area contributed by atoms with Gasteiger partial charge in [0.2, 0.25) is 0 Å². The van der Waals surface area contributed by atoms with E-state index < -0.39 is 35.3 Å². The molecule has 0 amide bonds. The van der Waals surface area contributed by atoms with Gasteiger partial charge in [0, 0.05) is 0 Å². The fourth-order valence-electron chi connectivity index (χ4n) is 4.69. The van der Waals surface area contributed by atoms with Crippen molar-refractivity contribution in [3.8, 4) is 0 Å².